The van der Waals surface area contributed by atoms with Gasteiger partial charge in [-0.05, 0) is 54.5 Å². The number of hydrogen-bond donors (Lipinski definition) is 0. The Morgan fingerprint density at radius 1 is 1.00 bits per heavy atom. The van der Waals surface area contributed by atoms with Gasteiger partial charge in [0.05, 0.1) is 16.2 Å². The highest BCUT2D eigenvalue weighted by molar-refractivity contribution is 8.04. The van der Waals surface area contributed by atoms with E-state index in [1.165, 1.54) is 40.8 Å². The number of carbonyl (C=O) groups is 2. The van der Waals surface area contributed by atoms with Crippen molar-refractivity contribution in [3.63, 3.8) is 0 Å². The third kappa shape index (κ3) is 4.01. The number of amides is 2. The van der Waals surface area contributed by atoms with Gasteiger partial charge >= 0.3 is 0 Å². The molecule has 0 N–H and O–H groups in total. The molecule has 2 aromatic rings. The molecule has 2 amide bonds. The van der Waals surface area contributed by atoms with Gasteiger partial charge in [0, 0.05) is 28.9 Å². The smallest absolute Gasteiger partial charge is 0.272 e. The molecular formula is C23H26N2O2S2. The summed E-state index contributed by atoms with van der Waals surface area (Å²) in [5.74, 6) is 0.348. The lowest BCUT2D eigenvalue weighted by Crippen LogP contribution is -2.33. The van der Waals surface area contributed by atoms with Crippen molar-refractivity contribution in [1.29, 1.82) is 0 Å². The van der Waals surface area contributed by atoms with Crippen LogP contribution in [0.2, 0.25) is 0 Å². The molecule has 0 unspecified atom stereocenters. The monoisotopic (exact) mass is 426 g/mol. The van der Waals surface area contributed by atoms with Gasteiger partial charge in [-0.15, -0.1) is 23.1 Å². The van der Waals surface area contributed by atoms with E-state index in [0.29, 0.717) is 16.2 Å². The highest BCUT2D eigenvalue weighted by Gasteiger charge is 2.41. The molecule has 1 fully saturated rings. The molecule has 3 heterocycles. The second-order valence-corrected chi connectivity index (χ2v) is 10.5. The van der Waals surface area contributed by atoms with E-state index in [-0.39, 0.29) is 17.1 Å². The molecule has 1 aromatic heterocycles. The molecule has 0 radical (unpaired) electrons. The number of hydrogen-bond acceptors (Lipinski definition) is 5. The number of rotatable bonds is 5. The summed E-state index contributed by atoms with van der Waals surface area (Å²) >= 11 is 2.97. The highest BCUT2D eigenvalue weighted by atomic mass is 32.2. The van der Waals surface area contributed by atoms with Gasteiger partial charge in [0.2, 0.25) is 0 Å². The van der Waals surface area contributed by atoms with Gasteiger partial charge in [0.1, 0.15) is 0 Å². The van der Waals surface area contributed by atoms with Crippen molar-refractivity contribution in [2.75, 3.05) is 22.9 Å². The van der Waals surface area contributed by atoms with E-state index >= 15 is 0 Å². The van der Waals surface area contributed by atoms with E-state index in [9.17, 15) is 9.59 Å². The van der Waals surface area contributed by atoms with Crippen molar-refractivity contribution < 1.29 is 9.59 Å². The second-order valence-electron chi connectivity index (χ2n) is 7.98. The zero-order valence-corrected chi connectivity index (χ0v) is 18.7. The van der Waals surface area contributed by atoms with Gasteiger partial charge < -0.3 is 4.90 Å². The Hall–Kier alpha value is -2.05. The molecule has 4 nitrogen and oxygen atoms in total. The molecule has 1 aromatic carbocycles. The molecule has 2 aliphatic rings. The van der Waals surface area contributed by atoms with Gasteiger partial charge in [-0.3, -0.25) is 9.59 Å². The summed E-state index contributed by atoms with van der Waals surface area (Å²) in [6.07, 6.45) is 2.41. The topological polar surface area (TPSA) is 40.6 Å². The number of imide groups is 1. The summed E-state index contributed by atoms with van der Waals surface area (Å²) in [6.45, 7) is 8.50. The average molecular weight is 427 g/mol. The molecule has 1 saturated heterocycles. The Morgan fingerprint density at radius 2 is 1.66 bits per heavy atom. The van der Waals surface area contributed by atoms with E-state index in [1.807, 2.05) is 55.6 Å². The molecule has 6 heteroatoms. The van der Waals surface area contributed by atoms with Gasteiger partial charge in [0.15, 0.2) is 0 Å². The summed E-state index contributed by atoms with van der Waals surface area (Å²) in [5.41, 5.74) is 2.34. The number of anilines is 2. The van der Waals surface area contributed by atoms with Crippen LogP contribution in [0.15, 0.2) is 46.7 Å². The Bertz CT molecular complexity index is 924. The first kappa shape index (κ1) is 20.2. The molecule has 29 heavy (non-hydrogen) atoms. The third-order valence-electron chi connectivity index (χ3n) is 5.42. The minimum atomic E-state index is -0.222. The van der Waals surface area contributed by atoms with Gasteiger partial charge in [-0.25, -0.2) is 4.90 Å². The van der Waals surface area contributed by atoms with Crippen LogP contribution < -0.4 is 9.80 Å². The van der Waals surface area contributed by atoms with E-state index in [4.69, 9.17) is 0 Å². The van der Waals surface area contributed by atoms with Gasteiger partial charge in [-0.2, -0.15) is 0 Å². The normalized spacial score (nSPS) is 18.5. The Balaban J connectivity index is 1.61. The number of carbonyl (C=O) groups excluding carboxylic acids is 2. The summed E-state index contributed by atoms with van der Waals surface area (Å²) in [7, 11) is 0. The maximum Gasteiger partial charge on any atom is 0.272 e. The fraction of sp³-hybridized carbons (Fsp3) is 0.391. The molecule has 0 atom stereocenters. The third-order valence-corrected chi connectivity index (χ3v) is 7.39. The summed E-state index contributed by atoms with van der Waals surface area (Å²) < 4.78 is 0. The number of thiophene rings is 1. The average Bonchev–Trinajstić information content (AvgIpc) is 3.30. The van der Waals surface area contributed by atoms with Crippen LogP contribution in [0.5, 0.6) is 0 Å². The number of piperidine rings is 1. The number of thioether (sulfide) groups is 1. The van der Waals surface area contributed by atoms with E-state index < -0.39 is 0 Å². The molecule has 0 bridgehead atoms. The molecule has 152 valence electrons. The predicted octanol–water partition coefficient (Wildman–Crippen LogP) is 5.41. The van der Waals surface area contributed by atoms with Crippen LogP contribution in [0.25, 0.3) is 5.57 Å². The quantitative estimate of drug-likeness (QED) is 0.600. The van der Waals surface area contributed by atoms with Crippen molar-refractivity contribution in [2.24, 2.45) is 5.92 Å². The van der Waals surface area contributed by atoms with Crippen LogP contribution in [0.3, 0.4) is 0 Å². The fourth-order valence-electron chi connectivity index (χ4n) is 3.81. The molecule has 0 aliphatic carbocycles. The van der Waals surface area contributed by atoms with E-state index in [1.54, 1.807) is 0 Å². The molecule has 0 spiro atoms. The zero-order valence-electron chi connectivity index (χ0n) is 17.1. The highest BCUT2D eigenvalue weighted by Crippen LogP contribution is 2.41. The van der Waals surface area contributed by atoms with Crippen LogP contribution in [-0.4, -0.2) is 30.2 Å². The van der Waals surface area contributed by atoms with Gasteiger partial charge in [-0.1, -0.05) is 26.8 Å². The van der Waals surface area contributed by atoms with Crippen molar-refractivity contribution in [2.45, 2.75) is 38.9 Å². The van der Waals surface area contributed by atoms with Crippen molar-refractivity contribution in [3.8, 4) is 0 Å². The lowest BCUT2D eigenvalue weighted by molar-refractivity contribution is -0.119. The largest absolute Gasteiger partial charge is 0.372 e. The van der Waals surface area contributed by atoms with Crippen LogP contribution in [0, 0.1) is 5.92 Å². The maximum atomic E-state index is 13.3. The van der Waals surface area contributed by atoms with Crippen LogP contribution in [0.4, 0.5) is 11.4 Å². The maximum absolute atomic E-state index is 13.3. The Kier molecular flexibility index (Phi) is 5.83. The molecule has 2 aliphatic heterocycles. The van der Waals surface area contributed by atoms with E-state index in [0.717, 1.165) is 29.6 Å². The molecular weight excluding hydrogens is 400 g/mol. The van der Waals surface area contributed by atoms with Crippen molar-refractivity contribution in [3.05, 3.63) is 51.6 Å². The second kappa shape index (κ2) is 8.36. The lowest BCUT2D eigenvalue weighted by Gasteiger charge is -2.32. The Labute approximate surface area is 180 Å². The van der Waals surface area contributed by atoms with Crippen molar-refractivity contribution >= 4 is 51.9 Å². The first-order chi connectivity index (χ1) is 14.0. The van der Waals surface area contributed by atoms with E-state index in [2.05, 4.69) is 11.8 Å². The number of nitrogens with zero attached hydrogens (tertiary/aromatic N) is 2. The van der Waals surface area contributed by atoms with Crippen LogP contribution in [0.1, 0.15) is 38.5 Å². The summed E-state index contributed by atoms with van der Waals surface area (Å²) in [4.78, 5) is 31.6. The summed E-state index contributed by atoms with van der Waals surface area (Å²) in [5, 5.41) is 2.16. The number of benzene rings is 1. The SMILES string of the molecule is CC1CCN(c2ccc(N3C(=O)C(SC(C)C)=C(c4cccs4)C3=O)cc2)CC1. The van der Waals surface area contributed by atoms with Crippen LogP contribution >= 0.6 is 23.1 Å². The standard InChI is InChI=1S/C23H26N2O2S2/c1-15(2)29-21-20(19-5-4-14-28-19)22(26)25(23(21)27)18-8-6-17(7-9-18)24-12-10-16(3)11-13-24/h4-9,14-16H,10-13H2,1-3H3. The first-order valence-corrected chi connectivity index (χ1v) is 11.9. The minimum Gasteiger partial charge on any atom is -0.372 e. The lowest BCUT2D eigenvalue weighted by atomic mass is 9.99. The predicted molar refractivity (Wildman–Crippen MR) is 124 cm³/mol. The molecule has 0 saturated carbocycles. The fourth-order valence-corrected chi connectivity index (χ4v) is 5.62. The van der Waals surface area contributed by atoms with Gasteiger partial charge in [0.25, 0.3) is 11.8 Å². The Morgan fingerprint density at radius 3 is 2.24 bits per heavy atom. The minimum absolute atomic E-state index is 0.211. The van der Waals surface area contributed by atoms with Crippen molar-refractivity contribution in [1.82, 2.24) is 0 Å². The van der Waals surface area contributed by atoms with Crippen LogP contribution in [-0.2, 0) is 9.59 Å². The zero-order chi connectivity index (χ0) is 20.5. The first-order valence-electron chi connectivity index (χ1n) is 10.1. The summed E-state index contributed by atoms with van der Waals surface area (Å²) in [6, 6.07) is 11.7. The molecule has 4 rings (SSSR count).